The Kier molecular flexibility index (Phi) is 11.4. The second-order valence-electron chi connectivity index (χ2n) is 13.7. The van der Waals surface area contributed by atoms with E-state index in [4.69, 9.17) is 4.74 Å². The number of carbonyl (C=O) groups is 2. The Morgan fingerprint density at radius 3 is 2.20 bits per heavy atom. The molecule has 3 aromatic rings. The van der Waals surface area contributed by atoms with Crippen LogP contribution >= 0.6 is 0 Å². The fraction of sp³-hybridized carbons (Fsp3) is 0.500. The smallest absolute Gasteiger partial charge is 0.303 e. The Morgan fingerprint density at radius 2 is 1.61 bits per heavy atom. The van der Waals surface area contributed by atoms with Crippen molar-refractivity contribution < 1.29 is 23.8 Å². The summed E-state index contributed by atoms with van der Waals surface area (Å²) >= 11 is 0. The summed E-state index contributed by atoms with van der Waals surface area (Å²) in [6.07, 6.45) is 2.58. The second kappa shape index (κ2) is 14.9. The van der Waals surface area contributed by atoms with Crippen molar-refractivity contribution in [3.8, 4) is 11.1 Å². The van der Waals surface area contributed by atoms with Crippen LogP contribution in [0.1, 0.15) is 84.0 Å². The van der Waals surface area contributed by atoms with Crippen LogP contribution in [0.25, 0.3) is 11.1 Å². The van der Waals surface area contributed by atoms with Crippen molar-refractivity contribution in [3.05, 3.63) is 91.6 Å². The van der Waals surface area contributed by atoms with Crippen LogP contribution in [0.15, 0.2) is 41.3 Å². The number of hydrogen-bond acceptors (Lipinski definition) is 5. The fourth-order valence-electron chi connectivity index (χ4n) is 6.93. The van der Waals surface area contributed by atoms with Gasteiger partial charge in [-0.1, -0.05) is 31.5 Å². The van der Waals surface area contributed by atoms with E-state index in [2.05, 4.69) is 17.0 Å². The number of aryl methyl sites for hydroxylation is 5. The maximum absolute atomic E-state index is 15.9. The molecular weight excluding hydrogens is 583 g/mol. The lowest BCUT2D eigenvalue weighted by atomic mass is 9.83. The maximum atomic E-state index is 15.9. The first-order chi connectivity index (χ1) is 21.7. The summed E-state index contributed by atoms with van der Waals surface area (Å²) in [4.78, 5) is 41.9. The zero-order valence-corrected chi connectivity index (χ0v) is 28.6. The van der Waals surface area contributed by atoms with Crippen LogP contribution in [0.2, 0.25) is 0 Å². The number of carboxylic acid groups (broad SMARTS) is 1. The topological polar surface area (TPSA) is 88.8 Å². The van der Waals surface area contributed by atoms with Gasteiger partial charge in [-0.25, -0.2) is 4.39 Å². The lowest BCUT2D eigenvalue weighted by Gasteiger charge is -2.38. The molecule has 1 saturated heterocycles. The number of carbonyl (C=O) groups excluding carboxylic acids is 1. The Morgan fingerprint density at radius 1 is 0.957 bits per heavy atom. The number of carboxylic acids is 1. The molecule has 0 amide bonds. The quantitative estimate of drug-likeness (QED) is 0.209. The number of pyridine rings is 1. The second-order valence-corrected chi connectivity index (χ2v) is 13.7. The molecule has 8 heteroatoms. The number of hydrogen-bond donors (Lipinski definition) is 1. The highest BCUT2D eigenvalue weighted by Crippen LogP contribution is 2.37. The molecule has 1 N–H and O–H groups in total. The van der Waals surface area contributed by atoms with Crippen molar-refractivity contribution in [1.82, 2.24) is 9.47 Å². The van der Waals surface area contributed by atoms with E-state index >= 15 is 4.39 Å². The number of halogens is 1. The van der Waals surface area contributed by atoms with Crippen LogP contribution in [0.5, 0.6) is 0 Å². The molecule has 7 nitrogen and oxygen atoms in total. The van der Waals surface area contributed by atoms with Crippen molar-refractivity contribution in [2.45, 2.75) is 92.2 Å². The Hall–Kier alpha value is -3.62. The van der Waals surface area contributed by atoms with Crippen LogP contribution in [0.3, 0.4) is 0 Å². The summed E-state index contributed by atoms with van der Waals surface area (Å²) in [5.74, 6) is -2.69. The highest BCUT2D eigenvalue weighted by Gasteiger charge is 2.31. The number of Topliss-reactive ketones (excluding diaryl/α,β-unsaturated/α-hetero) is 1. The molecule has 1 unspecified atom stereocenters. The third-order valence-electron chi connectivity index (χ3n) is 9.31. The standard InChI is InChI=1S/C38H49FN2O5/c1-22(2)11-33(41-19-28(24(4)15-35(41)43)9-10-40-20-31(21-40)46-8)34(42)17-29(18-36(44)45)32-16-30(14-27(7)38(32)39)37-25(5)12-23(3)13-26(37)6/h12-16,19,22,29,31,33H,9-11,17-18,20-21H2,1-8H3,(H,44,45)/t29-,33?/m0/s1. The number of rotatable bonds is 14. The van der Waals surface area contributed by atoms with Crippen LogP contribution < -0.4 is 5.56 Å². The van der Waals surface area contributed by atoms with Gasteiger partial charge < -0.3 is 14.4 Å². The van der Waals surface area contributed by atoms with Crippen molar-refractivity contribution in [2.75, 3.05) is 26.7 Å². The summed E-state index contributed by atoms with van der Waals surface area (Å²) in [5.41, 5.74) is 7.18. The molecular formula is C38H49FN2O5. The highest BCUT2D eigenvalue weighted by atomic mass is 19.1. The van der Waals surface area contributed by atoms with Crippen LogP contribution in [0, 0.1) is 46.4 Å². The molecule has 1 aromatic heterocycles. The minimum Gasteiger partial charge on any atom is -0.481 e. The van der Waals surface area contributed by atoms with Gasteiger partial charge in [0.25, 0.3) is 5.56 Å². The molecule has 0 spiro atoms. The van der Waals surface area contributed by atoms with E-state index < -0.39 is 30.2 Å². The van der Waals surface area contributed by atoms with E-state index in [0.29, 0.717) is 12.0 Å². The molecule has 0 radical (unpaired) electrons. The highest BCUT2D eigenvalue weighted by molar-refractivity contribution is 5.84. The summed E-state index contributed by atoms with van der Waals surface area (Å²) in [6.45, 7) is 16.2. The molecule has 2 heterocycles. The van der Waals surface area contributed by atoms with E-state index in [-0.39, 0.29) is 35.3 Å². The van der Waals surface area contributed by atoms with Gasteiger partial charge in [-0.3, -0.25) is 19.3 Å². The van der Waals surface area contributed by atoms with Gasteiger partial charge in [-0.05, 0) is 110 Å². The third kappa shape index (κ3) is 8.20. The molecule has 4 rings (SSSR count). The number of ketones is 1. The molecule has 1 aliphatic rings. The Balaban J connectivity index is 1.70. The molecule has 0 saturated carbocycles. The normalized spacial score (nSPS) is 15.2. The van der Waals surface area contributed by atoms with E-state index in [0.717, 1.165) is 65.0 Å². The van der Waals surface area contributed by atoms with Gasteiger partial charge in [-0.2, -0.15) is 0 Å². The van der Waals surface area contributed by atoms with E-state index in [1.54, 1.807) is 38.4 Å². The van der Waals surface area contributed by atoms with E-state index in [1.165, 1.54) is 4.57 Å². The minimum absolute atomic E-state index is 0.0883. The lowest BCUT2D eigenvalue weighted by Crippen LogP contribution is -2.52. The van der Waals surface area contributed by atoms with Gasteiger partial charge in [0.1, 0.15) is 5.82 Å². The molecule has 1 aliphatic heterocycles. The van der Waals surface area contributed by atoms with Crippen molar-refractivity contribution in [1.29, 1.82) is 0 Å². The van der Waals surface area contributed by atoms with Crippen LogP contribution in [-0.2, 0) is 20.7 Å². The first-order valence-electron chi connectivity index (χ1n) is 16.3. The summed E-state index contributed by atoms with van der Waals surface area (Å²) in [6, 6.07) is 8.43. The number of aromatic nitrogens is 1. The van der Waals surface area contributed by atoms with Gasteiger partial charge >= 0.3 is 5.97 Å². The van der Waals surface area contributed by atoms with E-state index in [9.17, 15) is 19.5 Å². The lowest BCUT2D eigenvalue weighted by molar-refractivity contribution is -0.137. The third-order valence-corrected chi connectivity index (χ3v) is 9.31. The predicted molar refractivity (Wildman–Crippen MR) is 180 cm³/mol. The Bertz CT molecular complexity index is 1630. The van der Waals surface area contributed by atoms with Crippen molar-refractivity contribution in [2.24, 2.45) is 5.92 Å². The maximum Gasteiger partial charge on any atom is 0.303 e. The van der Waals surface area contributed by atoms with Crippen LogP contribution in [0.4, 0.5) is 4.39 Å². The number of nitrogens with zero attached hydrogens (tertiary/aromatic N) is 2. The molecule has 46 heavy (non-hydrogen) atoms. The number of aliphatic carboxylic acids is 1. The zero-order chi connectivity index (χ0) is 33.9. The first kappa shape index (κ1) is 35.2. The van der Waals surface area contributed by atoms with Crippen molar-refractivity contribution in [3.63, 3.8) is 0 Å². The van der Waals surface area contributed by atoms with Crippen molar-refractivity contribution >= 4 is 11.8 Å². The number of methoxy groups -OCH3 is 1. The molecule has 2 aromatic carbocycles. The summed E-state index contributed by atoms with van der Waals surface area (Å²) in [7, 11) is 1.72. The number of likely N-dealkylation sites (tertiary alicyclic amines) is 1. The molecule has 0 bridgehead atoms. The Labute approximate surface area is 272 Å². The fourth-order valence-corrected chi connectivity index (χ4v) is 6.93. The van der Waals surface area contributed by atoms with Gasteiger partial charge in [0.15, 0.2) is 5.78 Å². The summed E-state index contributed by atoms with van der Waals surface area (Å²) < 4.78 is 22.8. The number of ether oxygens (including phenoxy) is 1. The average Bonchev–Trinajstić information content (AvgIpc) is 2.92. The molecule has 2 atom stereocenters. The first-order valence-corrected chi connectivity index (χ1v) is 16.3. The minimum atomic E-state index is -1.11. The monoisotopic (exact) mass is 632 g/mol. The van der Waals surface area contributed by atoms with Crippen LogP contribution in [-0.4, -0.2) is 59.2 Å². The molecule has 1 fully saturated rings. The van der Waals surface area contributed by atoms with Gasteiger partial charge in [0.05, 0.1) is 18.6 Å². The summed E-state index contributed by atoms with van der Waals surface area (Å²) in [5, 5.41) is 9.90. The van der Waals surface area contributed by atoms with Gasteiger partial charge in [0, 0.05) is 51.3 Å². The SMILES string of the molecule is COC1CN(CCc2cn(C(CC(C)C)C(=O)C[C@@H](CC(=O)O)c3cc(-c4c(C)cc(C)cc4C)cc(C)c3F)c(=O)cc2C)C1. The molecule has 0 aliphatic carbocycles. The van der Waals surface area contributed by atoms with Gasteiger partial charge in [-0.15, -0.1) is 0 Å². The van der Waals surface area contributed by atoms with E-state index in [1.807, 2.05) is 41.5 Å². The largest absolute Gasteiger partial charge is 0.481 e. The zero-order valence-electron chi connectivity index (χ0n) is 28.6. The number of benzene rings is 2. The average molecular weight is 633 g/mol. The molecule has 248 valence electrons. The predicted octanol–water partition coefficient (Wildman–Crippen LogP) is 6.87. The van der Waals surface area contributed by atoms with Gasteiger partial charge in [0.2, 0.25) is 0 Å².